The monoisotopic (exact) mass is 153 g/mol. The van der Waals surface area contributed by atoms with Gasteiger partial charge in [0.15, 0.2) is 0 Å². The Morgan fingerprint density at radius 2 is 1.73 bits per heavy atom. The van der Waals surface area contributed by atoms with E-state index in [0.717, 1.165) is 11.5 Å². The van der Waals surface area contributed by atoms with E-state index in [1.807, 2.05) is 24.3 Å². The zero-order valence-electron chi connectivity index (χ0n) is 6.41. The summed E-state index contributed by atoms with van der Waals surface area (Å²) in [4.78, 5) is 0. The highest BCUT2D eigenvalue weighted by molar-refractivity contribution is 5.30. The maximum Gasteiger partial charge on any atom is 0.137 e. The molecule has 0 heterocycles. The third-order valence-corrected chi connectivity index (χ3v) is 1.31. The molecule has 0 saturated heterocycles. The Hall–Kier alpha value is -1.22. The Balaban J connectivity index is 2.66. The van der Waals surface area contributed by atoms with Crippen LogP contribution in [0.15, 0.2) is 24.3 Å². The Labute approximate surface area is 65.7 Å². The van der Waals surface area contributed by atoms with Gasteiger partial charge in [-0.15, -0.1) is 0 Å². The van der Waals surface area contributed by atoms with Gasteiger partial charge in [0.2, 0.25) is 0 Å². The van der Waals surface area contributed by atoms with Gasteiger partial charge in [-0.05, 0) is 24.3 Å². The fourth-order valence-electron chi connectivity index (χ4n) is 0.768. The van der Waals surface area contributed by atoms with E-state index in [1.54, 1.807) is 7.11 Å². The van der Waals surface area contributed by atoms with Crippen molar-refractivity contribution >= 4 is 0 Å². The first-order valence-electron chi connectivity index (χ1n) is 3.33. The second-order valence-corrected chi connectivity index (χ2v) is 1.99. The molecule has 0 bridgehead atoms. The SMILES string of the molecule is COc1ccc(OCN)cc1. The molecule has 0 amide bonds. The van der Waals surface area contributed by atoms with Crippen LogP contribution in [0, 0.1) is 0 Å². The molecule has 0 unspecified atom stereocenters. The minimum Gasteiger partial charge on any atom is -0.497 e. The van der Waals surface area contributed by atoms with Gasteiger partial charge in [0.25, 0.3) is 0 Å². The number of ether oxygens (including phenoxy) is 2. The van der Waals surface area contributed by atoms with Crippen molar-refractivity contribution in [3.05, 3.63) is 24.3 Å². The van der Waals surface area contributed by atoms with Gasteiger partial charge in [-0.1, -0.05) is 0 Å². The quantitative estimate of drug-likeness (QED) is 0.658. The number of hydrogen-bond acceptors (Lipinski definition) is 3. The van der Waals surface area contributed by atoms with Crippen molar-refractivity contribution in [1.82, 2.24) is 0 Å². The molecule has 0 atom stereocenters. The van der Waals surface area contributed by atoms with E-state index in [1.165, 1.54) is 0 Å². The third kappa shape index (κ3) is 2.13. The maximum absolute atomic E-state index is 5.18. The van der Waals surface area contributed by atoms with Crippen LogP contribution in [0.4, 0.5) is 0 Å². The number of methoxy groups -OCH3 is 1. The summed E-state index contributed by atoms with van der Waals surface area (Å²) < 4.78 is 9.99. The Morgan fingerprint density at radius 1 is 1.18 bits per heavy atom. The first-order chi connectivity index (χ1) is 5.36. The first kappa shape index (κ1) is 7.88. The van der Waals surface area contributed by atoms with Crippen molar-refractivity contribution in [3.8, 4) is 11.5 Å². The molecule has 60 valence electrons. The van der Waals surface area contributed by atoms with Gasteiger partial charge >= 0.3 is 0 Å². The Kier molecular flexibility index (Phi) is 2.74. The lowest BCUT2D eigenvalue weighted by atomic mass is 10.3. The maximum atomic E-state index is 5.18. The predicted octanol–water partition coefficient (Wildman–Crippen LogP) is 0.990. The average molecular weight is 153 g/mol. The van der Waals surface area contributed by atoms with Crippen LogP contribution >= 0.6 is 0 Å². The van der Waals surface area contributed by atoms with E-state index in [2.05, 4.69) is 0 Å². The van der Waals surface area contributed by atoms with Gasteiger partial charge in [-0.3, -0.25) is 5.73 Å². The highest BCUT2D eigenvalue weighted by atomic mass is 16.5. The number of rotatable bonds is 3. The summed E-state index contributed by atoms with van der Waals surface area (Å²) in [5, 5.41) is 0. The fourth-order valence-corrected chi connectivity index (χ4v) is 0.768. The van der Waals surface area contributed by atoms with Gasteiger partial charge in [0.05, 0.1) is 7.11 Å². The van der Waals surface area contributed by atoms with E-state index in [9.17, 15) is 0 Å². The van der Waals surface area contributed by atoms with Gasteiger partial charge in [0.1, 0.15) is 18.2 Å². The lowest BCUT2D eigenvalue weighted by Crippen LogP contribution is -2.06. The number of nitrogens with two attached hydrogens (primary N) is 1. The minimum atomic E-state index is 0.201. The van der Waals surface area contributed by atoms with Crippen LogP contribution in [0.25, 0.3) is 0 Å². The largest absolute Gasteiger partial charge is 0.497 e. The van der Waals surface area contributed by atoms with Crippen LogP contribution in [0.3, 0.4) is 0 Å². The topological polar surface area (TPSA) is 44.5 Å². The standard InChI is InChI=1S/C8H11NO2/c1-10-7-2-4-8(5-3-7)11-6-9/h2-5H,6,9H2,1H3. The summed E-state index contributed by atoms with van der Waals surface area (Å²) in [5.41, 5.74) is 5.18. The van der Waals surface area contributed by atoms with Crippen molar-refractivity contribution in [2.45, 2.75) is 0 Å². The second kappa shape index (κ2) is 3.83. The van der Waals surface area contributed by atoms with Crippen LogP contribution < -0.4 is 15.2 Å². The molecule has 0 saturated carbocycles. The van der Waals surface area contributed by atoms with E-state index in [0.29, 0.717) is 0 Å². The van der Waals surface area contributed by atoms with E-state index in [-0.39, 0.29) is 6.73 Å². The van der Waals surface area contributed by atoms with Crippen LogP contribution in [0.5, 0.6) is 11.5 Å². The average Bonchev–Trinajstić information content (AvgIpc) is 2.07. The van der Waals surface area contributed by atoms with Crippen molar-refractivity contribution < 1.29 is 9.47 Å². The Morgan fingerprint density at radius 3 is 2.18 bits per heavy atom. The molecular formula is C8H11NO2. The predicted molar refractivity (Wildman–Crippen MR) is 42.7 cm³/mol. The van der Waals surface area contributed by atoms with E-state index in [4.69, 9.17) is 15.2 Å². The normalized spacial score (nSPS) is 9.27. The number of hydrogen-bond donors (Lipinski definition) is 1. The summed E-state index contributed by atoms with van der Waals surface area (Å²) in [5.74, 6) is 1.57. The van der Waals surface area contributed by atoms with Crippen molar-refractivity contribution in [2.75, 3.05) is 13.8 Å². The smallest absolute Gasteiger partial charge is 0.137 e. The summed E-state index contributed by atoms with van der Waals surface area (Å²) in [6.07, 6.45) is 0. The molecule has 0 aliphatic rings. The molecule has 1 rings (SSSR count). The van der Waals surface area contributed by atoms with Gasteiger partial charge in [-0.25, -0.2) is 0 Å². The molecule has 3 heteroatoms. The Bertz CT molecular complexity index is 208. The molecule has 3 nitrogen and oxygen atoms in total. The van der Waals surface area contributed by atoms with Crippen molar-refractivity contribution in [3.63, 3.8) is 0 Å². The molecule has 11 heavy (non-hydrogen) atoms. The van der Waals surface area contributed by atoms with Crippen LogP contribution in [-0.2, 0) is 0 Å². The molecule has 0 aliphatic heterocycles. The van der Waals surface area contributed by atoms with Crippen LogP contribution in [0.2, 0.25) is 0 Å². The van der Waals surface area contributed by atoms with Gasteiger partial charge < -0.3 is 9.47 Å². The van der Waals surface area contributed by atoms with Crippen molar-refractivity contribution in [1.29, 1.82) is 0 Å². The zero-order chi connectivity index (χ0) is 8.10. The molecule has 0 spiro atoms. The zero-order valence-corrected chi connectivity index (χ0v) is 6.41. The third-order valence-electron chi connectivity index (χ3n) is 1.31. The first-order valence-corrected chi connectivity index (χ1v) is 3.33. The summed E-state index contributed by atoms with van der Waals surface area (Å²) in [7, 11) is 1.62. The molecule has 0 fully saturated rings. The van der Waals surface area contributed by atoms with E-state index < -0.39 is 0 Å². The fraction of sp³-hybridized carbons (Fsp3) is 0.250. The summed E-state index contributed by atoms with van der Waals surface area (Å²) >= 11 is 0. The second-order valence-electron chi connectivity index (χ2n) is 1.99. The van der Waals surface area contributed by atoms with Crippen LogP contribution in [-0.4, -0.2) is 13.8 Å². The van der Waals surface area contributed by atoms with Crippen molar-refractivity contribution in [2.24, 2.45) is 5.73 Å². The molecular weight excluding hydrogens is 142 g/mol. The molecule has 0 aromatic heterocycles. The number of benzene rings is 1. The van der Waals surface area contributed by atoms with Crippen LogP contribution in [0.1, 0.15) is 0 Å². The lowest BCUT2D eigenvalue weighted by Gasteiger charge is -2.02. The molecule has 2 N–H and O–H groups in total. The van der Waals surface area contributed by atoms with E-state index >= 15 is 0 Å². The summed E-state index contributed by atoms with van der Waals surface area (Å²) in [6.45, 7) is 0.201. The highest BCUT2D eigenvalue weighted by Gasteiger charge is 1.91. The lowest BCUT2D eigenvalue weighted by molar-refractivity contribution is 0.328. The molecule has 1 aromatic carbocycles. The van der Waals surface area contributed by atoms with Gasteiger partial charge in [-0.2, -0.15) is 0 Å². The summed E-state index contributed by atoms with van der Waals surface area (Å²) in [6, 6.07) is 7.27. The molecule has 0 aliphatic carbocycles. The highest BCUT2D eigenvalue weighted by Crippen LogP contribution is 2.16. The minimum absolute atomic E-state index is 0.201. The van der Waals surface area contributed by atoms with Gasteiger partial charge in [0, 0.05) is 0 Å². The molecule has 1 aromatic rings. The molecule has 0 radical (unpaired) electrons.